The highest BCUT2D eigenvalue weighted by atomic mass is 16.6. The molecule has 1 saturated carbocycles. The van der Waals surface area contributed by atoms with Crippen LogP contribution in [0.15, 0.2) is 18.2 Å². The number of aryl methyl sites for hydroxylation is 1. The maximum atomic E-state index is 11.0. The van der Waals surface area contributed by atoms with Crippen LogP contribution in [-0.2, 0) is 9.47 Å². The van der Waals surface area contributed by atoms with Gasteiger partial charge in [-0.1, -0.05) is 6.07 Å². The second-order valence-electron chi connectivity index (χ2n) is 5.02. The second kappa shape index (κ2) is 6.84. The van der Waals surface area contributed by atoms with Crippen molar-refractivity contribution in [2.75, 3.05) is 20.3 Å². The van der Waals surface area contributed by atoms with Crippen LogP contribution in [0.2, 0.25) is 0 Å². The third kappa shape index (κ3) is 3.69. The molecule has 0 saturated heterocycles. The Balaban J connectivity index is 2.03. The molecule has 1 aliphatic carbocycles. The van der Waals surface area contributed by atoms with Crippen LogP contribution in [0.25, 0.3) is 0 Å². The first-order valence-corrected chi connectivity index (χ1v) is 6.73. The van der Waals surface area contributed by atoms with Crippen molar-refractivity contribution in [2.45, 2.75) is 31.7 Å². The number of aliphatic hydroxyl groups excluding tert-OH is 1. The molecule has 116 valence electrons. The minimum Gasteiger partial charge on any atom is -0.481 e. The first-order valence-electron chi connectivity index (χ1n) is 6.73. The fourth-order valence-corrected chi connectivity index (χ4v) is 2.19. The molecule has 1 aliphatic rings. The number of hydrogen-bond acceptors (Lipinski definition) is 6. The van der Waals surface area contributed by atoms with Gasteiger partial charge >= 0.3 is 5.69 Å². The summed E-state index contributed by atoms with van der Waals surface area (Å²) in [7, 11) is 1.56. The first kappa shape index (κ1) is 15.7. The normalized spacial score (nSPS) is 24.4. The van der Waals surface area contributed by atoms with Gasteiger partial charge in [0.15, 0.2) is 5.75 Å². The number of benzene rings is 1. The molecule has 0 radical (unpaired) electrons. The SMILES string of the molecule is COCCOC1C(O)CC1Oc1ccc(C)cc1[N+](=O)[O-]. The maximum absolute atomic E-state index is 11.0. The Morgan fingerprint density at radius 1 is 1.43 bits per heavy atom. The molecule has 0 bridgehead atoms. The summed E-state index contributed by atoms with van der Waals surface area (Å²) in [6, 6.07) is 4.79. The average molecular weight is 297 g/mol. The smallest absolute Gasteiger partial charge is 0.311 e. The van der Waals surface area contributed by atoms with E-state index in [0.29, 0.717) is 19.6 Å². The van der Waals surface area contributed by atoms with E-state index >= 15 is 0 Å². The van der Waals surface area contributed by atoms with E-state index in [1.54, 1.807) is 26.2 Å². The first-order chi connectivity index (χ1) is 10.0. The average Bonchev–Trinajstić information content (AvgIpc) is 2.44. The molecule has 0 spiro atoms. The van der Waals surface area contributed by atoms with Crippen molar-refractivity contribution in [3.05, 3.63) is 33.9 Å². The van der Waals surface area contributed by atoms with Gasteiger partial charge in [-0.25, -0.2) is 0 Å². The lowest BCUT2D eigenvalue weighted by Gasteiger charge is -2.40. The molecule has 0 amide bonds. The van der Waals surface area contributed by atoms with Crippen molar-refractivity contribution >= 4 is 5.69 Å². The van der Waals surface area contributed by atoms with Crippen LogP contribution in [-0.4, -0.2) is 48.7 Å². The highest BCUT2D eigenvalue weighted by molar-refractivity contribution is 5.48. The van der Waals surface area contributed by atoms with E-state index in [4.69, 9.17) is 14.2 Å². The number of rotatable bonds is 7. The number of nitro groups is 1. The van der Waals surface area contributed by atoms with Gasteiger partial charge in [-0.05, 0) is 18.6 Å². The molecular weight excluding hydrogens is 278 g/mol. The van der Waals surface area contributed by atoms with Crippen molar-refractivity contribution in [3.63, 3.8) is 0 Å². The quantitative estimate of drug-likeness (QED) is 0.465. The van der Waals surface area contributed by atoms with Crippen LogP contribution in [0, 0.1) is 17.0 Å². The third-order valence-electron chi connectivity index (χ3n) is 3.41. The minimum atomic E-state index is -0.614. The molecule has 1 aromatic rings. The lowest BCUT2D eigenvalue weighted by molar-refractivity contribution is -0.386. The van der Waals surface area contributed by atoms with Crippen molar-refractivity contribution in [1.82, 2.24) is 0 Å². The third-order valence-corrected chi connectivity index (χ3v) is 3.41. The van der Waals surface area contributed by atoms with Crippen LogP contribution in [0.1, 0.15) is 12.0 Å². The molecule has 1 fully saturated rings. The molecule has 0 aromatic heterocycles. The second-order valence-corrected chi connectivity index (χ2v) is 5.02. The van der Waals surface area contributed by atoms with E-state index in [0.717, 1.165) is 5.56 Å². The summed E-state index contributed by atoms with van der Waals surface area (Å²) in [5.74, 6) is 0.197. The summed E-state index contributed by atoms with van der Waals surface area (Å²) < 4.78 is 16.0. The van der Waals surface area contributed by atoms with Crippen LogP contribution in [0.4, 0.5) is 5.69 Å². The van der Waals surface area contributed by atoms with Gasteiger partial charge in [0.05, 0.1) is 24.2 Å². The predicted octanol–water partition coefficient (Wildman–Crippen LogP) is 1.45. The van der Waals surface area contributed by atoms with Gasteiger partial charge in [-0.3, -0.25) is 10.1 Å². The van der Waals surface area contributed by atoms with E-state index in [1.807, 2.05) is 0 Å². The fraction of sp³-hybridized carbons (Fsp3) is 0.571. The standard InChI is InChI=1S/C14H19NO6/c1-9-3-4-12(10(7-9)15(17)18)21-13-8-11(16)14(13)20-6-5-19-2/h3-4,7,11,13-14,16H,5-6,8H2,1-2H3. The minimum absolute atomic E-state index is 0.0768. The Morgan fingerprint density at radius 3 is 2.81 bits per heavy atom. The van der Waals surface area contributed by atoms with Gasteiger partial charge in [0.1, 0.15) is 12.2 Å². The van der Waals surface area contributed by atoms with Crippen molar-refractivity contribution in [1.29, 1.82) is 0 Å². The zero-order chi connectivity index (χ0) is 15.4. The van der Waals surface area contributed by atoms with Crippen LogP contribution in [0.3, 0.4) is 0 Å². The van der Waals surface area contributed by atoms with E-state index in [-0.39, 0.29) is 11.4 Å². The zero-order valence-corrected chi connectivity index (χ0v) is 12.0. The predicted molar refractivity (Wildman–Crippen MR) is 74.5 cm³/mol. The molecule has 0 aliphatic heterocycles. The molecule has 1 aromatic carbocycles. The summed E-state index contributed by atoms with van der Waals surface area (Å²) in [6.07, 6.45) is -1.10. The molecular formula is C14H19NO6. The number of methoxy groups -OCH3 is 1. The fourth-order valence-electron chi connectivity index (χ4n) is 2.19. The van der Waals surface area contributed by atoms with Crippen molar-refractivity contribution in [3.8, 4) is 5.75 Å². The van der Waals surface area contributed by atoms with E-state index in [9.17, 15) is 15.2 Å². The lowest BCUT2D eigenvalue weighted by atomic mass is 9.88. The van der Waals surface area contributed by atoms with Gasteiger partial charge in [0, 0.05) is 19.6 Å². The van der Waals surface area contributed by atoms with Crippen molar-refractivity contribution < 1.29 is 24.2 Å². The Morgan fingerprint density at radius 2 is 2.19 bits per heavy atom. The van der Waals surface area contributed by atoms with Crippen LogP contribution < -0.4 is 4.74 Å². The molecule has 7 heteroatoms. The van der Waals surface area contributed by atoms with E-state index < -0.39 is 23.2 Å². The number of hydrogen-bond donors (Lipinski definition) is 1. The van der Waals surface area contributed by atoms with Gasteiger partial charge in [0.2, 0.25) is 0 Å². The van der Waals surface area contributed by atoms with E-state index in [2.05, 4.69) is 0 Å². The summed E-state index contributed by atoms with van der Waals surface area (Å²) in [5.41, 5.74) is 0.711. The molecule has 0 heterocycles. The highest BCUT2D eigenvalue weighted by Gasteiger charge is 2.43. The molecule has 1 N–H and O–H groups in total. The summed E-state index contributed by atoms with van der Waals surface area (Å²) in [6.45, 7) is 2.54. The summed E-state index contributed by atoms with van der Waals surface area (Å²) in [5, 5.41) is 20.7. The van der Waals surface area contributed by atoms with Crippen LogP contribution >= 0.6 is 0 Å². The topological polar surface area (TPSA) is 91.1 Å². The Bertz CT molecular complexity index is 506. The summed E-state index contributed by atoms with van der Waals surface area (Å²) in [4.78, 5) is 10.6. The monoisotopic (exact) mass is 297 g/mol. The molecule has 3 atom stereocenters. The Kier molecular flexibility index (Phi) is 5.11. The van der Waals surface area contributed by atoms with Gasteiger partial charge in [0.25, 0.3) is 0 Å². The largest absolute Gasteiger partial charge is 0.481 e. The molecule has 21 heavy (non-hydrogen) atoms. The van der Waals surface area contributed by atoms with Crippen LogP contribution in [0.5, 0.6) is 5.75 Å². The van der Waals surface area contributed by atoms with Gasteiger partial charge < -0.3 is 19.3 Å². The number of nitrogens with zero attached hydrogens (tertiary/aromatic N) is 1. The number of ether oxygens (including phenoxy) is 3. The number of nitro benzene ring substituents is 1. The van der Waals surface area contributed by atoms with E-state index in [1.165, 1.54) is 6.07 Å². The Labute approximate surface area is 122 Å². The lowest BCUT2D eigenvalue weighted by Crippen LogP contribution is -2.55. The summed E-state index contributed by atoms with van der Waals surface area (Å²) >= 11 is 0. The Hall–Kier alpha value is -1.70. The number of aliphatic hydroxyl groups is 1. The molecule has 3 unspecified atom stereocenters. The highest BCUT2D eigenvalue weighted by Crippen LogP contribution is 2.34. The maximum Gasteiger partial charge on any atom is 0.311 e. The molecule has 2 rings (SSSR count). The van der Waals surface area contributed by atoms with Gasteiger partial charge in [-0.15, -0.1) is 0 Å². The van der Waals surface area contributed by atoms with Gasteiger partial charge in [-0.2, -0.15) is 0 Å². The zero-order valence-electron chi connectivity index (χ0n) is 12.0. The molecule has 7 nitrogen and oxygen atoms in total. The van der Waals surface area contributed by atoms with Crippen molar-refractivity contribution in [2.24, 2.45) is 0 Å².